The molecular weight excluding hydrogens is 411 g/mol. The predicted octanol–water partition coefficient (Wildman–Crippen LogP) is 6.32. The molecule has 0 aliphatic rings. The van der Waals surface area contributed by atoms with E-state index >= 15 is 0 Å². The lowest BCUT2D eigenvalue weighted by Gasteiger charge is -2.22. The molecule has 0 aliphatic heterocycles. The van der Waals surface area contributed by atoms with Crippen molar-refractivity contribution in [3.8, 4) is 0 Å². The van der Waals surface area contributed by atoms with Crippen molar-refractivity contribution in [1.29, 1.82) is 0 Å². The predicted molar refractivity (Wildman–Crippen MR) is 127 cm³/mol. The largest absolute Gasteiger partial charge is 0.756 e. The molecule has 1 aromatic heterocycles. The van der Waals surface area contributed by atoms with Gasteiger partial charge in [0.05, 0.1) is 26.8 Å². The molecule has 1 heterocycles. The normalized spacial score (nSPS) is 11.4. The van der Waals surface area contributed by atoms with Gasteiger partial charge in [0.1, 0.15) is 12.4 Å². The zero-order valence-electron chi connectivity index (χ0n) is 20.7. The van der Waals surface area contributed by atoms with Crippen molar-refractivity contribution in [2.24, 2.45) is 7.05 Å². The Morgan fingerprint density at radius 2 is 1.23 bits per heavy atom. The summed E-state index contributed by atoms with van der Waals surface area (Å²) < 4.78 is 25.5. The van der Waals surface area contributed by atoms with Crippen LogP contribution in [0.25, 0.3) is 0 Å². The summed E-state index contributed by atoms with van der Waals surface area (Å²) in [7, 11) is -2.02. The first-order chi connectivity index (χ1) is 14.9. The molecule has 1 rings (SSSR count). The Kier molecular flexibility index (Phi) is 20.7. The lowest BCUT2D eigenvalue weighted by molar-refractivity contribution is -0.671. The monoisotopic (exact) mass is 460 g/mol. The van der Waals surface area contributed by atoms with Crippen LogP contribution in [0.3, 0.4) is 0 Å². The van der Waals surface area contributed by atoms with Crippen LogP contribution in [0.4, 0.5) is 0 Å². The van der Waals surface area contributed by atoms with Gasteiger partial charge in [-0.2, -0.15) is 0 Å². The number of nitrogens with zero attached hydrogens (tertiary/aromatic N) is 2. The molecule has 0 aromatic carbocycles. The SMILES string of the molecule is CCCCCCCCOP(=O)([O-])OCCCCCCCC.CCCCn1cc[n+](C)c1. The Labute approximate surface area is 192 Å². The smallest absolute Gasteiger partial charge is 0.267 e. The van der Waals surface area contributed by atoms with Crippen LogP contribution in [0.2, 0.25) is 0 Å². The third-order valence-corrected chi connectivity index (χ3v) is 6.09. The first-order valence-corrected chi connectivity index (χ1v) is 14.0. The quantitative estimate of drug-likeness (QED) is 0.138. The minimum Gasteiger partial charge on any atom is -0.756 e. The summed E-state index contributed by atoms with van der Waals surface area (Å²) in [4.78, 5) is 11.5. The zero-order valence-corrected chi connectivity index (χ0v) is 21.6. The molecule has 0 N–H and O–H groups in total. The van der Waals surface area contributed by atoms with Crippen LogP contribution < -0.4 is 9.46 Å². The molecule has 0 saturated heterocycles. The molecule has 1 aromatic rings. The molecule has 0 unspecified atom stereocenters. The zero-order chi connectivity index (χ0) is 23.2. The van der Waals surface area contributed by atoms with Gasteiger partial charge in [-0.25, -0.2) is 9.13 Å². The molecule has 0 amide bonds. The summed E-state index contributed by atoms with van der Waals surface area (Å²) in [6.07, 6.45) is 22.1. The van der Waals surface area contributed by atoms with E-state index in [4.69, 9.17) is 9.05 Å². The highest BCUT2D eigenvalue weighted by molar-refractivity contribution is 7.45. The number of rotatable bonds is 19. The molecule has 7 heteroatoms. The van der Waals surface area contributed by atoms with Crippen molar-refractivity contribution in [2.75, 3.05) is 13.2 Å². The van der Waals surface area contributed by atoms with Gasteiger partial charge < -0.3 is 13.9 Å². The van der Waals surface area contributed by atoms with Crippen LogP contribution in [0.5, 0.6) is 0 Å². The van der Waals surface area contributed by atoms with Gasteiger partial charge in [0.2, 0.25) is 6.33 Å². The van der Waals surface area contributed by atoms with Crippen LogP contribution in [-0.2, 0) is 27.2 Å². The van der Waals surface area contributed by atoms with E-state index in [1.54, 1.807) is 0 Å². The lowest BCUT2D eigenvalue weighted by Crippen LogP contribution is -2.23. The summed E-state index contributed by atoms with van der Waals surface area (Å²) >= 11 is 0. The number of aromatic nitrogens is 2. The fourth-order valence-electron chi connectivity index (χ4n) is 3.13. The molecule has 31 heavy (non-hydrogen) atoms. The van der Waals surface area contributed by atoms with Crippen molar-refractivity contribution in [3.05, 3.63) is 18.7 Å². The van der Waals surface area contributed by atoms with Crippen molar-refractivity contribution in [3.63, 3.8) is 0 Å². The molecule has 184 valence electrons. The number of hydrogen-bond donors (Lipinski definition) is 0. The molecule has 0 aliphatic carbocycles. The average molecular weight is 461 g/mol. The Bertz CT molecular complexity index is 529. The van der Waals surface area contributed by atoms with Crippen LogP contribution in [-0.4, -0.2) is 17.8 Å². The van der Waals surface area contributed by atoms with Gasteiger partial charge in [-0.3, -0.25) is 4.57 Å². The average Bonchev–Trinajstić information content (AvgIpc) is 3.16. The minimum absolute atomic E-state index is 0.253. The number of unbranched alkanes of at least 4 members (excludes halogenated alkanes) is 11. The second-order valence-electron chi connectivity index (χ2n) is 8.32. The van der Waals surface area contributed by atoms with E-state index in [0.717, 1.165) is 45.1 Å². The van der Waals surface area contributed by atoms with E-state index in [1.165, 1.54) is 51.4 Å². The highest BCUT2D eigenvalue weighted by Crippen LogP contribution is 2.38. The van der Waals surface area contributed by atoms with Crippen LogP contribution in [0.1, 0.15) is 111 Å². The Hall–Kier alpha value is -0.680. The fourth-order valence-corrected chi connectivity index (χ4v) is 3.91. The summed E-state index contributed by atoms with van der Waals surface area (Å²) in [5, 5.41) is 0. The second-order valence-corrected chi connectivity index (χ2v) is 9.73. The number of hydrogen-bond acceptors (Lipinski definition) is 4. The van der Waals surface area contributed by atoms with Crippen LogP contribution >= 0.6 is 7.82 Å². The summed E-state index contributed by atoms with van der Waals surface area (Å²) in [6, 6.07) is 0. The van der Waals surface area contributed by atoms with Crippen molar-refractivity contribution >= 4 is 7.82 Å². The number of phosphoric ester groups is 1. The number of aryl methyl sites for hydroxylation is 2. The Morgan fingerprint density at radius 3 is 1.65 bits per heavy atom. The molecule has 0 spiro atoms. The van der Waals surface area contributed by atoms with E-state index in [1.807, 2.05) is 7.05 Å². The van der Waals surface area contributed by atoms with E-state index in [0.29, 0.717) is 0 Å². The number of phosphoric acid groups is 1. The summed E-state index contributed by atoms with van der Waals surface area (Å²) in [5.74, 6) is 0. The highest BCUT2D eigenvalue weighted by atomic mass is 31.2. The molecule has 0 fully saturated rings. The summed E-state index contributed by atoms with van der Waals surface area (Å²) in [6.45, 7) is 8.23. The molecule has 0 saturated carbocycles. The Morgan fingerprint density at radius 1 is 0.774 bits per heavy atom. The first-order valence-electron chi connectivity index (χ1n) is 12.6. The molecule has 0 radical (unpaired) electrons. The third-order valence-electron chi connectivity index (χ3n) is 5.09. The minimum atomic E-state index is -4.07. The standard InChI is InChI=1S/C16H35O4P.C8H15N2/c1-3-5-7-9-11-13-15-19-21(17,18)20-16-14-12-10-8-6-4-2;1-3-4-5-10-7-6-9(2)8-10/h3-16H2,1-2H3,(H,17,18);6-8H,3-5H2,1-2H3/q;+1/p-1. The topological polar surface area (TPSA) is 67.4 Å². The molecular formula is C24H49N2O4P. The van der Waals surface area contributed by atoms with Crippen molar-refractivity contribution in [2.45, 2.75) is 117 Å². The van der Waals surface area contributed by atoms with Gasteiger partial charge in [-0.1, -0.05) is 91.4 Å². The van der Waals surface area contributed by atoms with Gasteiger partial charge in [-0.05, 0) is 19.3 Å². The van der Waals surface area contributed by atoms with E-state index in [9.17, 15) is 9.46 Å². The van der Waals surface area contributed by atoms with Gasteiger partial charge >= 0.3 is 0 Å². The van der Waals surface area contributed by atoms with Gasteiger partial charge in [0.15, 0.2) is 0 Å². The van der Waals surface area contributed by atoms with Crippen LogP contribution in [0.15, 0.2) is 18.7 Å². The lowest BCUT2D eigenvalue weighted by atomic mass is 10.1. The Balaban J connectivity index is 0.000000743. The second kappa shape index (κ2) is 21.2. The molecule has 0 atom stereocenters. The van der Waals surface area contributed by atoms with E-state index < -0.39 is 7.82 Å². The van der Waals surface area contributed by atoms with Crippen molar-refractivity contribution in [1.82, 2.24) is 4.57 Å². The third kappa shape index (κ3) is 20.9. The van der Waals surface area contributed by atoms with Crippen LogP contribution in [0, 0.1) is 0 Å². The maximum atomic E-state index is 11.5. The summed E-state index contributed by atoms with van der Waals surface area (Å²) in [5.41, 5.74) is 0. The maximum Gasteiger partial charge on any atom is 0.267 e. The highest BCUT2D eigenvalue weighted by Gasteiger charge is 2.08. The maximum absolute atomic E-state index is 11.5. The van der Waals surface area contributed by atoms with Gasteiger partial charge in [-0.15, -0.1) is 0 Å². The number of imidazole rings is 1. The van der Waals surface area contributed by atoms with Gasteiger partial charge in [0, 0.05) is 0 Å². The molecule has 0 bridgehead atoms. The fraction of sp³-hybridized carbons (Fsp3) is 0.875. The molecule has 6 nitrogen and oxygen atoms in total. The first kappa shape index (κ1) is 30.3. The van der Waals surface area contributed by atoms with Crippen molar-refractivity contribution < 1.29 is 23.1 Å². The van der Waals surface area contributed by atoms with E-state index in [2.05, 4.69) is 48.6 Å². The van der Waals surface area contributed by atoms with E-state index in [-0.39, 0.29) is 13.2 Å². The van der Waals surface area contributed by atoms with Gasteiger partial charge in [0.25, 0.3) is 7.82 Å².